The Hall–Kier alpha value is -2.49. The SMILES string of the molecule is CCOc1ccc2c(c1)sc(=NC(=O)c1ccc(S(=O)(=O)CC)cc1)n2CCOC. The number of benzene rings is 2. The smallest absolute Gasteiger partial charge is 0.279 e. The molecule has 0 aliphatic rings. The summed E-state index contributed by atoms with van der Waals surface area (Å²) in [5.74, 6) is 0.337. The molecule has 9 heteroatoms. The van der Waals surface area contributed by atoms with Gasteiger partial charge in [-0.15, -0.1) is 0 Å². The van der Waals surface area contributed by atoms with Crippen molar-refractivity contribution in [3.8, 4) is 5.75 Å². The van der Waals surface area contributed by atoms with Gasteiger partial charge in [0.25, 0.3) is 5.91 Å². The summed E-state index contributed by atoms with van der Waals surface area (Å²) < 4.78 is 37.6. The maximum absolute atomic E-state index is 12.7. The largest absolute Gasteiger partial charge is 0.494 e. The zero-order chi connectivity index (χ0) is 21.7. The third-order valence-corrected chi connectivity index (χ3v) is 7.31. The molecule has 0 fully saturated rings. The Morgan fingerprint density at radius 3 is 2.50 bits per heavy atom. The van der Waals surface area contributed by atoms with Crippen LogP contribution in [0.4, 0.5) is 0 Å². The zero-order valence-corrected chi connectivity index (χ0v) is 18.8. The number of rotatable bonds is 8. The maximum atomic E-state index is 12.7. The van der Waals surface area contributed by atoms with Gasteiger partial charge >= 0.3 is 0 Å². The van der Waals surface area contributed by atoms with E-state index in [9.17, 15) is 13.2 Å². The Morgan fingerprint density at radius 2 is 1.87 bits per heavy atom. The fourth-order valence-electron chi connectivity index (χ4n) is 2.92. The highest BCUT2D eigenvalue weighted by Gasteiger charge is 2.14. The lowest BCUT2D eigenvalue weighted by Crippen LogP contribution is -2.19. The highest BCUT2D eigenvalue weighted by atomic mass is 32.2. The van der Waals surface area contributed by atoms with Crippen molar-refractivity contribution in [1.82, 2.24) is 4.57 Å². The van der Waals surface area contributed by atoms with Gasteiger partial charge < -0.3 is 14.0 Å². The van der Waals surface area contributed by atoms with Crippen LogP contribution in [-0.2, 0) is 21.1 Å². The number of ether oxygens (including phenoxy) is 2. The lowest BCUT2D eigenvalue weighted by molar-refractivity contribution is 0.0997. The van der Waals surface area contributed by atoms with E-state index >= 15 is 0 Å². The third kappa shape index (κ3) is 4.80. The molecule has 0 bridgehead atoms. The number of thiazole rings is 1. The van der Waals surface area contributed by atoms with Gasteiger partial charge in [0.15, 0.2) is 14.6 Å². The van der Waals surface area contributed by atoms with Crippen molar-refractivity contribution >= 4 is 37.3 Å². The Bertz CT molecular complexity index is 1210. The monoisotopic (exact) mass is 448 g/mol. The number of sulfone groups is 1. The molecule has 3 aromatic rings. The molecular weight excluding hydrogens is 424 g/mol. The zero-order valence-electron chi connectivity index (χ0n) is 17.1. The number of carbonyl (C=O) groups is 1. The van der Waals surface area contributed by atoms with Gasteiger partial charge in [0.2, 0.25) is 0 Å². The quantitative estimate of drug-likeness (QED) is 0.528. The molecule has 30 heavy (non-hydrogen) atoms. The summed E-state index contributed by atoms with van der Waals surface area (Å²) in [6.07, 6.45) is 0. The minimum absolute atomic E-state index is 0.00961. The van der Waals surface area contributed by atoms with Crippen LogP contribution in [0.25, 0.3) is 10.2 Å². The normalized spacial score (nSPS) is 12.4. The Kier molecular flexibility index (Phi) is 7.06. The van der Waals surface area contributed by atoms with Crippen LogP contribution in [0.1, 0.15) is 24.2 Å². The average Bonchev–Trinajstić information content (AvgIpc) is 3.08. The van der Waals surface area contributed by atoms with Crippen LogP contribution in [0.15, 0.2) is 52.4 Å². The van der Waals surface area contributed by atoms with Crippen molar-refractivity contribution in [2.75, 3.05) is 26.1 Å². The van der Waals surface area contributed by atoms with E-state index in [-0.39, 0.29) is 10.6 Å². The highest BCUT2D eigenvalue weighted by molar-refractivity contribution is 7.91. The maximum Gasteiger partial charge on any atom is 0.279 e. The van der Waals surface area contributed by atoms with E-state index < -0.39 is 15.7 Å². The Morgan fingerprint density at radius 1 is 1.13 bits per heavy atom. The number of nitrogens with zero attached hydrogens (tertiary/aromatic N) is 2. The molecule has 160 valence electrons. The summed E-state index contributed by atoms with van der Waals surface area (Å²) in [7, 11) is -1.69. The number of carbonyl (C=O) groups excluding carboxylic acids is 1. The summed E-state index contributed by atoms with van der Waals surface area (Å²) >= 11 is 1.39. The minimum atomic E-state index is -3.31. The first-order chi connectivity index (χ1) is 14.4. The second-order valence-corrected chi connectivity index (χ2v) is 9.72. The van der Waals surface area contributed by atoms with Crippen LogP contribution >= 0.6 is 11.3 Å². The molecule has 0 radical (unpaired) electrons. The fraction of sp³-hybridized carbons (Fsp3) is 0.333. The number of hydrogen-bond acceptors (Lipinski definition) is 6. The molecule has 0 N–H and O–H groups in total. The standard InChI is InChI=1S/C21H24N2O5S2/c1-4-28-16-8-11-18-19(14-16)29-21(23(18)12-13-27-3)22-20(24)15-6-9-17(10-7-15)30(25,26)5-2/h6-11,14H,4-5,12-13H2,1-3H3. The van der Waals surface area contributed by atoms with Gasteiger partial charge in [-0.25, -0.2) is 8.42 Å². The first kappa shape index (κ1) is 22.2. The molecule has 1 heterocycles. The van der Waals surface area contributed by atoms with Crippen molar-refractivity contribution in [1.29, 1.82) is 0 Å². The molecule has 3 rings (SSSR count). The molecule has 1 aromatic heterocycles. The molecule has 0 saturated heterocycles. The second kappa shape index (κ2) is 9.55. The Labute approximate surface area is 179 Å². The van der Waals surface area contributed by atoms with Gasteiger partial charge in [-0.05, 0) is 49.4 Å². The van der Waals surface area contributed by atoms with Crippen LogP contribution in [-0.4, -0.2) is 45.0 Å². The molecule has 2 aromatic carbocycles. The molecule has 0 unspecified atom stereocenters. The number of aromatic nitrogens is 1. The summed E-state index contributed by atoms with van der Waals surface area (Å²) in [4.78, 5) is 17.8. The molecule has 7 nitrogen and oxygen atoms in total. The lowest BCUT2D eigenvalue weighted by atomic mass is 10.2. The number of methoxy groups -OCH3 is 1. The first-order valence-corrected chi connectivity index (χ1v) is 12.0. The van der Waals surface area contributed by atoms with Gasteiger partial charge in [-0.2, -0.15) is 4.99 Å². The summed E-state index contributed by atoms with van der Waals surface area (Å²) in [6, 6.07) is 11.6. The minimum Gasteiger partial charge on any atom is -0.494 e. The summed E-state index contributed by atoms with van der Waals surface area (Å²) in [5.41, 5.74) is 1.27. The van der Waals surface area contributed by atoms with Crippen LogP contribution < -0.4 is 9.54 Å². The van der Waals surface area contributed by atoms with E-state index in [2.05, 4.69) is 4.99 Å². The van der Waals surface area contributed by atoms with Crippen LogP contribution in [0.2, 0.25) is 0 Å². The van der Waals surface area contributed by atoms with Crippen molar-refractivity contribution < 1.29 is 22.7 Å². The van der Waals surface area contributed by atoms with Gasteiger partial charge in [0.1, 0.15) is 5.75 Å². The predicted molar refractivity (Wildman–Crippen MR) is 117 cm³/mol. The molecule has 0 atom stereocenters. The molecular formula is C21H24N2O5S2. The van der Waals surface area contributed by atoms with Crippen LogP contribution in [0.3, 0.4) is 0 Å². The van der Waals surface area contributed by atoms with E-state index in [1.807, 2.05) is 29.7 Å². The van der Waals surface area contributed by atoms with E-state index in [1.54, 1.807) is 14.0 Å². The van der Waals surface area contributed by atoms with Gasteiger partial charge in [0.05, 0.1) is 34.1 Å². The average molecular weight is 449 g/mol. The van der Waals surface area contributed by atoms with Crippen LogP contribution in [0, 0.1) is 0 Å². The number of hydrogen-bond donors (Lipinski definition) is 0. The van der Waals surface area contributed by atoms with Crippen molar-refractivity contribution in [2.45, 2.75) is 25.3 Å². The predicted octanol–water partition coefficient (Wildman–Crippen LogP) is 3.28. The van der Waals surface area contributed by atoms with Gasteiger partial charge in [0, 0.05) is 19.2 Å². The molecule has 0 saturated carbocycles. The van der Waals surface area contributed by atoms with E-state index in [0.717, 1.165) is 16.0 Å². The lowest BCUT2D eigenvalue weighted by Gasteiger charge is -2.06. The number of fused-ring (bicyclic) bond motifs is 1. The number of amides is 1. The summed E-state index contributed by atoms with van der Waals surface area (Å²) in [5, 5.41) is 0. The van der Waals surface area contributed by atoms with Crippen molar-refractivity contribution in [2.24, 2.45) is 4.99 Å². The Balaban J connectivity index is 2.02. The fourth-order valence-corrected chi connectivity index (χ4v) is 4.88. The van der Waals surface area contributed by atoms with Crippen molar-refractivity contribution in [3.63, 3.8) is 0 Å². The molecule has 0 spiro atoms. The van der Waals surface area contributed by atoms with E-state index in [1.165, 1.54) is 35.6 Å². The van der Waals surface area contributed by atoms with Gasteiger partial charge in [-0.3, -0.25) is 4.79 Å². The van der Waals surface area contributed by atoms with E-state index in [4.69, 9.17) is 9.47 Å². The highest BCUT2D eigenvalue weighted by Crippen LogP contribution is 2.23. The van der Waals surface area contributed by atoms with Crippen LogP contribution in [0.5, 0.6) is 5.75 Å². The summed E-state index contributed by atoms with van der Waals surface area (Å²) in [6.45, 7) is 5.10. The molecule has 1 amide bonds. The third-order valence-electron chi connectivity index (χ3n) is 4.52. The van der Waals surface area contributed by atoms with Gasteiger partial charge in [-0.1, -0.05) is 18.3 Å². The second-order valence-electron chi connectivity index (χ2n) is 6.44. The topological polar surface area (TPSA) is 87.0 Å². The van der Waals surface area contributed by atoms with E-state index in [0.29, 0.717) is 30.1 Å². The van der Waals surface area contributed by atoms with Crippen molar-refractivity contribution in [3.05, 3.63) is 52.8 Å². The molecule has 0 aliphatic carbocycles. The first-order valence-electron chi connectivity index (χ1n) is 9.56. The molecule has 0 aliphatic heterocycles.